The van der Waals surface area contributed by atoms with Gasteiger partial charge in [0.2, 0.25) is 5.71 Å². The lowest BCUT2D eigenvalue weighted by atomic mass is 9.87. The van der Waals surface area contributed by atoms with Crippen molar-refractivity contribution in [3.8, 4) is 0 Å². The van der Waals surface area contributed by atoms with Gasteiger partial charge in [0.25, 0.3) is 5.56 Å². The lowest BCUT2D eigenvalue weighted by Crippen LogP contribution is -2.22. The Morgan fingerprint density at radius 1 is 1.22 bits per heavy atom. The molecule has 0 aliphatic carbocycles. The highest BCUT2D eigenvalue weighted by atomic mass is 16.5. The summed E-state index contributed by atoms with van der Waals surface area (Å²) < 4.78 is 12.0. The molecule has 3 rings (SSSR count). The first-order valence-corrected chi connectivity index (χ1v) is 8.97. The summed E-state index contributed by atoms with van der Waals surface area (Å²) in [6, 6.07) is 8.14. The maximum Gasteiger partial charge on any atom is 0.342 e. The van der Waals surface area contributed by atoms with Crippen LogP contribution in [0.1, 0.15) is 54.9 Å². The van der Waals surface area contributed by atoms with Gasteiger partial charge in [0.1, 0.15) is 23.0 Å². The van der Waals surface area contributed by atoms with Gasteiger partial charge in [0.15, 0.2) is 0 Å². The molecule has 0 aliphatic heterocycles. The molecule has 1 aromatic carbocycles. The van der Waals surface area contributed by atoms with Crippen LogP contribution >= 0.6 is 0 Å². The van der Waals surface area contributed by atoms with Crippen molar-refractivity contribution < 1.29 is 13.9 Å². The smallest absolute Gasteiger partial charge is 0.342 e. The maximum absolute atomic E-state index is 13.0. The van der Waals surface area contributed by atoms with E-state index in [2.05, 4.69) is 37.9 Å². The SMILES string of the molecule is CCOC(=O)c1c(C)oc2ncn(Cc3ccc(C(C)(C)C)cc3)c(=O)c12. The van der Waals surface area contributed by atoms with Crippen molar-refractivity contribution in [1.82, 2.24) is 9.55 Å². The highest BCUT2D eigenvalue weighted by molar-refractivity contribution is 6.03. The third-order valence-electron chi connectivity index (χ3n) is 4.51. The zero-order valence-corrected chi connectivity index (χ0v) is 16.3. The normalized spacial score (nSPS) is 11.7. The maximum atomic E-state index is 13.0. The lowest BCUT2D eigenvalue weighted by Gasteiger charge is -2.19. The molecular weight excluding hydrogens is 344 g/mol. The number of carbonyl (C=O) groups excluding carboxylic acids is 1. The monoisotopic (exact) mass is 368 g/mol. The molecule has 6 heteroatoms. The molecule has 27 heavy (non-hydrogen) atoms. The van der Waals surface area contributed by atoms with Gasteiger partial charge in [-0.25, -0.2) is 9.78 Å². The Kier molecular flexibility index (Phi) is 4.91. The number of fused-ring (bicyclic) bond motifs is 1. The van der Waals surface area contributed by atoms with Gasteiger partial charge in [-0.3, -0.25) is 9.36 Å². The Labute approximate surface area is 157 Å². The fraction of sp³-hybridized carbons (Fsp3) is 0.381. The highest BCUT2D eigenvalue weighted by Crippen LogP contribution is 2.23. The molecule has 6 nitrogen and oxygen atoms in total. The van der Waals surface area contributed by atoms with Crippen LogP contribution in [-0.4, -0.2) is 22.1 Å². The Balaban J connectivity index is 2.01. The number of aryl methyl sites for hydroxylation is 1. The summed E-state index contributed by atoms with van der Waals surface area (Å²) in [5, 5.41) is 0.166. The van der Waals surface area contributed by atoms with Crippen LogP contribution in [0.3, 0.4) is 0 Å². The predicted molar refractivity (Wildman–Crippen MR) is 103 cm³/mol. The van der Waals surface area contributed by atoms with Crippen LogP contribution in [0.2, 0.25) is 0 Å². The van der Waals surface area contributed by atoms with Crippen molar-refractivity contribution in [3.05, 3.63) is 63.4 Å². The molecule has 0 N–H and O–H groups in total. The fourth-order valence-corrected chi connectivity index (χ4v) is 3.01. The summed E-state index contributed by atoms with van der Waals surface area (Å²) in [5.74, 6) is -0.236. The zero-order chi connectivity index (χ0) is 19.8. The number of furan rings is 1. The van der Waals surface area contributed by atoms with E-state index in [1.165, 1.54) is 16.5 Å². The van der Waals surface area contributed by atoms with Crippen LogP contribution in [0.25, 0.3) is 11.1 Å². The topological polar surface area (TPSA) is 74.3 Å². The number of hydrogen-bond acceptors (Lipinski definition) is 5. The molecule has 0 aliphatic rings. The second kappa shape index (κ2) is 7.02. The Morgan fingerprint density at radius 2 is 1.89 bits per heavy atom. The number of benzene rings is 1. The van der Waals surface area contributed by atoms with E-state index >= 15 is 0 Å². The molecule has 142 valence electrons. The van der Waals surface area contributed by atoms with Crippen LogP contribution in [0.15, 0.2) is 39.8 Å². The Bertz CT molecular complexity index is 1040. The van der Waals surface area contributed by atoms with Crippen LogP contribution < -0.4 is 5.56 Å². The number of hydrogen-bond donors (Lipinski definition) is 0. The van der Waals surface area contributed by atoms with Crippen LogP contribution in [0.5, 0.6) is 0 Å². The van der Waals surface area contributed by atoms with Gasteiger partial charge in [-0.05, 0) is 30.4 Å². The van der Waals surface area contributed by atoms with Gasteiger partial charge in [-0.15, -0.1) is 0 Å². The van der Waals surface area contributed by atoms with E-state index in [1.54, 1.807) is 13.8 Å². The van der Waals surface area contributed by atoms with Crippen molar-refractivity contribution in [1.29, 1.82) is 0 Å². The summed E-state index contributed by atoms with van der Waals surface area (Å²) in [6.07, 6.45) is 1.44. The van der Waals surface area contributed by atoms with Gasteiger partial charge in [0.05, 0.1) is 13.2 Å². The predicted octanol–water partition coefficient (Wildman–Crippen LogP) is 3.82. The fourth-order valence-electron chi connectivity index (χ4n) is 3.01. The van der Waals surface area contributed by atoms with Crippen LogP contribution in [0.4, 0.5) is 0 Å². The molecule has 0 atom stereocenters. The third kappa shape index (κ3) is 3.65. The molecule has 0 saturated carbocycles. The zero-order valence-electron chi connectivity index (χ0n) is 16.3. The molecule has 0 amide bonds. The minimum atomic E-state index is -0.570. The molecule has 0 radical (unpaired) electrons. The van der Waals surface area contributed by atoms with Crippen molar-refractivity contribution >= 4 is 17.1 Å². The molecule has 2 heterocycles. The second-order valence-electron chi connectivity index (χ2n) is 7.56. The van der Waals surface area contributed by atoms with Crippen LogP contribution in [0, 0.1) is 6.92 Å². The van der Waals surface area contributed by atoms with Crippen molar-refractivity contribution in [3.63, 3.8) is 0 Å². The van der Waals surface area contributed by atoms with E-state index in [4.69, 9.17) is 9.15 Å². The number of ether oxygens (including phenoxy) is 1. The molecule has 2 aromatic heterocycles. The first-order valence-electron chi connectivity index (χ1n) is 8.97. The van der Waals surface area contributed by atoms with E-state index in [0.717, 1.165) is 5.56 Å². The number of carbonyl (C=O) groups is 1. The molecule has 0 saturated heterocycles. The third-order valence-corrected chi connectivity index (χ3v) is 4.51. The Hall–Kier alpha value is -2.89. The molecule has 0 spiro atoms. The van der Waals surface area contributed by atoms with E-state index in [-0.39, 0.29) is 34.2 Å². The van der Waals surface area contributed by atoms with Crippen LogP contribution in [-0.2, 0) is 16.7 Å². The number of rotatable bonds is 4. The summed E-state index contributed by atoms with van der Waals surface area (Å²) in [5.41, 5.74) is 2.26. The molecular formula is C21H24N2O4. The van der Waals surface area contributed by atoms with E-state index in [1.807, 2.05) is 12.1 Å². The largest absolute Gasteiger partial charge is 0.462 e. The van der Waals surface area contributed by atoms with Gasteiger partial charge in [-0.1, -0.05) is 45.0 Å². The number of aromatic nitrogens is 2. The summed E-state index contributed by atoms with van der Waals surface area (Å²) >= 11 is 0. The number of nitrogens with zero attached hydrogens (tertiary/aromatic N) is 2. The first-order chi connectivity index (χ1) is 12.7. The molecule has 3 aromatic rings. The molecule has 0 bridgehead atoms. The average molecular weight is 368 g/mol. The first kappa shape index (κ1) is 18.9. The standard InChI is InChI=1S/C21H24N2O4/c1-6-26-20(25)16-13(2)27-18-17(16)19(24)23(12-22-18)11-14-7-9-15(10-8-14)21(3,4)5/h7-10,12H,6,11H2,1-5H3. The van der Waals surface area contributed by atoms with Gasteiger partial charge in [-0.2, -0.15) is 0 Å². The average Bonchev–Trinajstić information content (AvgIpc) is 2.94. The van der Waals surface area contributed by atoms with Crippen molar-refractivity contribution in [2.75, 3.05) is 6.61 Å². The summed E-state index contributed by atoms with van der Waals surface area (Å²) in [6.45, 7) is 10.4. The summed E-state index contributed by atoms with van der Waals surface area (Å²) in [7, 11) is 0. The van der Waals surface area contributed by atoms with Gasteiger partial charge >= 0.3 is 5.97 Å². The number of esters is 1. The van der Waals surface area contributed by atoms with Crippen molar-refractivity contribution in [2.45, 2.75) is 46.6 Å². The van der Waals surface area contributed by atoms with Gasteiger partial charge < -0.3 is 9.15 Å². The van der Waals surface area contributed by atoms with Crippen molar-refractivity contribution in [2.24, 2.45) is 0 Å². The quantitative estimate of drug-likeness (QED) is 0.655. The van der Waals surface area contributed by atoms with E-state index < -0.39 is 5.97 Å². The molecule has 0 fully saturated rings. The highest BCUT2D eigenvalue weighted by Gasteiger charge is 2.24. The minimum Gasteiger partial charge on any atom is -0.462 e. The Morgan fingerprint density at radius 3 is 2.48 bits per heavy atom. The minimum absolute atomic E-state index is 0.0681. The van der Waals surface area contributed by atoms with E-state index in [0.29, 0.717) is 12.3 Å². The van der Waals surface area contributed by atoms with E-state index in [9.17, 15) is 9.59 Å². The van der Waals surface area contributed by atoms with Gasteiger partial charge in [0, 0.05) is 0 Å². The molecule has 0 unspecified atom stereocenters. The second-order valence-corrected chi connectivity index (χ2v) is 7.56. The lowest BCUT2D eigenvalue weighted by molar-refractivity contribution is 0.0526. The summed E-state index contributed by atoms with van der Waals surface area (Å²) in [4.78, 5) is 29.4.